The monoisotopic (exact) mass is 1540 g/mol. The Hall–Kier alpha value is -4.05. The van der Waals surface area contributed by atoms with E-state index in [-0.39, 0.29) is 19.3 Å². The largest absolute Gasteiger partial charge is 0.472 e. The number of carbonyl (C=O) groups is 3. The van der Waals surface area contributed by atoms with E-state index >= 15 is 0 Å². The van der Waals surface area contributed by atoms with Gasteiger partial charge in [0.2, 0.25) is 0 Å². The van der Waals surface area contributed by atoms with Crippen LogP contribution in [0.4, 0.5) is 0 Å². The summed E-state index contributed by atoms with van der Waals surface area (Å²) in [5, 5.41) is 20.7. The molecule has 107 heavy (non-hydrogen) atoms. The second-order valence-electron chi connectivity index (χ2n) is 28.6. The Balaban J connectivity index is 4.37. The van der Waals surface area contributed by atoms with E-state index in [2.05, 4.69) is 142 Å². The van der Waals surface area contributed by atoms with Crippen molar-refractivity contribution >= 4 is 33.6 Å². The number of allylic oxidation sites excluding steroid dienone is 20. The number of esters is 3. The van der Waals surface area contributed by atoms with E-state index in [4.69, 9.17) is 32.3 Å². The van der Waals surface area contributed by atoms with Crippen LogP contribution >= 0.6 is 15.6 Å². The maximum atomic E-state index is 12.9. The molecule has 0 aromatic carbocycles. The van der Waals surface area contributed by atoms with Crippen molar-refractivity contribution in [2.24, 2.45) is 0 Å². The Morgan fingerprint density at radius 1 is 0.271 bits per heavy atom. The fraction of sp³-hybridized carbons (Fsp3) is 0.742. The number of phosphoric ester groups is 2. The zero-order valence-electron chi connectivity index (χ0n) is 67.8. The first-order chi connectivity index (χ1) is 52.2. The summed E-state index contributed by atoms with van der Waals surface area (Å²) in [6.07, 6.45) is 98.4. The quantitative estimate of drug-likeness (QED) is 0.0146. The summed E-state index contributed by atoms with van der Waals surface area (Å²) in [4.78, 5) is 58.7. The van der Waals surface area contributed by atoms with E-state index in [1.807, 2.05) is 0 Å². The van der Waals surface area contributed by atoms with Gasteiger partial charge in [-0.05, 0) is 116 Å². The average Bonchev–Trinajstić information content (AvgIpc) is 0.940. The predicted octanol–water partition coefficient (Wildman–Crippen LogP) is 25.7. The van der Waals surface area contributed by atoms with Crippen LogP contribution in [0.15, 0.2) is 122 Å². The first-order valence-electron chi connectivity index (χ1n) is 42.8. The van der Waals surface area contributed by atoms with Crippen LogP contribution in [-0.2, 0) is 55.8 Å². The fourth-order valence-electron chi connectivity index (χ4n) is 11.7. The third kappa shape index (κ3) is 82.7. The van der Waals surface area contributed by atoms with Gasteiger partial charge in [0.1, 0.15) is 25.4 Å². The van der Waals surface area contributed by atoms with Crippen LogP contribution in [0.2, 0.25) is 0 Å². The highest BCUT2D eigenvalue weighted by atomic mass is 31.2. The molecular weight excluding hydrogens is 1390 g/mol. The molecular formula is C89H156O16P2. The Bertz CT molecular complexity index is 2430. The highest BCUT2D eigenvalue weighted by molar-refractivity contribution is 7.47. The minimum Gasteiger partial charge on any atom is -0.463 e. The van der Waals surface area contributed by atoms with Crippen molar-refractivity contribution in [2.75, 3.05) is 39.6 Å². The maximum Gasteiger partial charge on any atom is 0.472 e. The van der Waals surface area contributed by atoms with Gasteiger partial charge in [0.15, 0.2) is 6.10 Å². The second-order valence-corrected chi connectivity index (χ2v) is 31.5. The van der Waals surface area contributed by atoms with E-state index < -0.39 is 91.5 Å². The lowest BCUT2D eigenvalue weighted by atomic mass is 10.0. The Kier molecular flexibility index (Phi) is 78.4. The van der Waals surface area contributed by atoms with Crippen LogP contribution in [0.3, 0.4) is 0 Å². The van der Waals surface area contributed by atoms with Crippen LogP contribution in [0, 0.1) is 0 Å². The van der Waals surface area contributed by atoms with Gasteiger partial charge in [-0.2, -0.15) is 0 Å². The van der Waals surface area contributed by atoms with Gasteiger partial charge < -0.3 is 34.2 Å². The summed E-state index contributed by atoms with van der Waals surface area (Å²) in [7, 11) is -9.78. The van der Waals surface area contributed by atoms with Gasteiger partial charge in [0.05, 0.1) is 26.4 Å². The van der Waals surface area contributed by atoms with E-state index in [0.717, 1.165) is 141 Å². The average molecular weight is 1540 g/mol. The van der Waals surface area contributed by atoms with Gasteiger partial charge in [-0.3, -0.25) is 32.5 Å². The number of rotatable bonds is 81. The van der Waals surface area contributed by atoms with Crippen molar-refractivity contribution in [1.29, 1.82) is 0 Å². The topological polar surface area (TPSA) is 231 Å². The summed E-state index contributed by atoms with van der Waals surface area (Å²) in [5.41, 5.74) is 0. The fourth-order valence-corrected chi connectivity index (χ4v) is 13.3. The molecule has 618 valence electrons. The lowest BCUT2D eigenvalue weighted by molar-refractivity contribution is -0.161. The standard InChI is InChI=1S/C89H156O16P2/c1-4-7-10-13-16-19-22-24-26-28-30-32-34-36-38-39-40-41-42-43-45-47-48-50-52-54-56-58-61-63-66-69-72-75-87(92)99-78-84(90)79-101-106(95,96)102-80-85(91)81-103-107(97,98)104-83-86(105-89(94)77-74-71-68-65-60-21-18-15-12-9-6-3)82-100-88(93)76-73-70-67-64-62-59-57-55-53-51-49-46-44-37-35-33-31-29-27-25-23-20-17-14-11-8-5-2/h7,10,16-17,19-20,24-27,30-33,36-38,40-41,44,84-86,90-91H,4-6,8-9,11-15,18,21-23,28-29,34-35,39,42-43,45-83H2,1-3H3,(H,95,96)(H,97,98)/b10-7-,19-16-,20-17-,26-24-,27-25-,32-30-,33-31-,38-36-,41-40-,44-37-. The van der Waals surface area contributed by atoms with Crippen molar-refractivity contribution in [3.8, 4) is 0 Å². The Labute approximate surface area is 653 Å². The van der Waals surface area contributed by atoms with Crippen LogP contribution in [0.25, 0.3) is 0 Å². The van der Waals surface area contributed by atoms with Crippen molar-refractivity contribution in [3.05, 3.63) is 122 Å². The van der Waals surface area contributed by atoms with Gasteiger partial charge >= 0.3 is 33.6 Å². The van der Waals surface area contributed by atoms with Gasteiger partial charge in [-0.1, -0.05) is 354 Å². The number of ether oxygens (including phenoxy) is 3. The van der Waals surface area contributed by atoms with E-state index in [9.17, 15) is 43.5 Å². The minimum absolute atomic E-state index is 0.107. The van der Waals surface area contributed by atoms with E-state index in [0.29, 0.717) is 19.3 Å². The van der Waals surface area contributed by atoms with Crippen molar-refractivity contribution in [1.82, 2.24) is 0 Å². The number of unbranched alkanes of at least 4 members (excludes halogenated alkanes) is 38. The summed E-state index contributed by atoms with van der Waals surface area (Å²) < 4.78 is 61.2. The van der Waals surface area contributed by atoms with Crippen LogP contribution in [0.5, 0.6) is 0 Å². The summed E-state index contributed by atoms with van der Waals surface area (Å²) >= 11 is 0. The van der Waals surface area contributed by atoms with Crippen LogP contribution in [0.1, 0.15) is 367 Å². The molecule has 0 radical (unpaired) electrons. The highest BCUT2D eigenvalue weighted by Gasteiger charge is 2.29. The van der Waals surface area contributed by atoms with Crippen molar-refractivity contribution in [2.45, 2.75) is 386 Å². The normalized spacial score (nSPS) is 14.5. The summed E-state index contributed by atoms with van der Waals surface area (Å²) in [6, 6.07) is 0. The van der Waals surface area contributed by atoms with Gasteiger partial charge in [-0.25, -0.2) is 9.13 Å². The minimum atomic E-state index is -4.93. The third-order valence-electron chi connectivity index (χ3n) is 18.2. The molecule has 5 unspecified atom stereocenters. The molecule has 0 saturated carbocycles. The zero-order chi connectivity index (χ0) is 78.0. The van der Waals surface area contributed by atoms with E-state index in [1.54, 1.807) is 0 Å². The smallest absolute Gasteiger partial charge is 0.463 e. The van der Waals surface area contributed by atoms with E-state index in [1.165, 1.54) is 167 Å². The molecule has 0 amide bonds. The van der Waals surface area contributed by atoms with Crippen molar-refractivity contribution < 1.29 is 75.8 Å². The Morgan fingerprint density at radius 3 is 0.804 bits per heavy atom. The predicted molar refractivity (Wildman–Crippen MR) is 445 cm³/mol. The number of phosphoric acid groups is 2. The molecule has 0 heterocycles. The number of aliphatic hydroxyl groups excluding tert-OH is 2. The zero-order valence-corrected chi connectivity index (χ0v) is 69.6. The maximum absolute atomic E-state index is 12.9. The number of hydrogen-bond donors (Lipinski definition) is 4. The molecule has 0 aromatic heterocycles. The lowest BCUT2D eigenvalue weighted by Gasteiger charge is -2.21. The first kappa shape index (κ1) is 103. The molecule has 0 bridgehead atoms. The number of carbonyl (C=O) groups excluding carboxylic acids is 3. The number of hydrogen-bond acceptors (Lipinski definition) is 14. The molecule has 0 aliphatic rings. The molecule has 18 heteroatoms. The SMILES string of the molecule is CC/C=C\C/C=C\C/C=C\C/C=C\C/C=C\C/C=C\CCCCCCCCCCCCCCCCC(=O)OCC(O)COP(=O)(O)OCC(O)COP(=O)(O)OCC(COC(=O)CCCCCCCCCCCCC/C=C\C/C=C\C/C=C\C/C=C\CCCCC)OC(=O)CCCCCCCCCCCCC. The molecule has 0 aromatic rings. The molecule has 4 N–H and O–H groups in total. The third-order valence-corrected chi connectivity index (χ3v) is 20.1. The van der Waals surface area contributed by atoms with Gasteiger partial charge in [0, 0.05) is 19.3 Å². The molecule has 0 fully saturated rings. The van der Waals surface area contributed by atoms with Gasteiger partial charge in [0.25, 0.3) is 0 Å². The molecule has 0 spiro atoms. The second kappa shape index (κ2) is 81.4. The molecule has 0 aliphatic carbocycles. The molecule has 5 atom stereocenters. The van der Waals surface area contributed by atoms with Crippen molar-refractivity contribution in [3.63, 3.8) is 0 Å². The van der Waals surface area contributed by atoms with Crippen LogP contribution in [-0.4, -0.2) is 95.9 Å². The Morgan fingerprint density at radius 2 is 0.495 bits per heavy atom. The summed E-state index contributed by atoms with van der Waals surface area (Å²) in [6.45, 7) is 2.57. The first-order valence-corrected chi connectivity index (χ1v) is 45.8. The summed E-state index contributed by atoms with van der Waals surface area (Å²) in [5.74, 6) is -1.56. The van der Waals surface area contributed by atoms with Gasteiger partial charge in [-0.15, -0.1) is 0 Å². The highest BCUT2D eigenvalue weighted by Crippen LogP contribution is 2.45. The molecule has 0 saturated heterocycles. The number of aliphatic hydroxyl groups is 2. The molecule has 0 rings (SSSR count). The van der Waals surface area contributed by atoms with Crippen LogP contribution < -0.4 is 0 Å². The molecule has 16 nitrogen and oxygen atoms in total. The molecule has 0 aliphatic heterocycles. The lowest BCUT2D eigenvalue weighted by Crippen LogP contribution is -2.30.